The van der Waals surface area contributed by atoms with Crippen molar-refractivity contribution in [1.29, 1.82) is 0 Å². The maximum atomic E-state index is 11.4. The molecule has 0 aliphatic rings. The quantitative estimate of drug-likeness (QED) is 0.251. The summed E-state index contributed by atoms with van der Waals surface area (Å²) in [6.07, 6.45) is 0.949. The van der Waals surface area contributed by atoms with Gasteiger partial charge in [-0.3, -0.25) is 4.79 Å². The SMILES string of the molecule is NS(=O)c1ccc(OC(=O)CCCCO[N+](=O)[O-])cc1. The first kappa shape index (κ1) is 16.1. The lowest BCUT2D eigenvalue weighted by Gasteiger charge is -2.04. The molecule has 20 heavy (non-hydrogen) atoms. The van der Waals surface area contributed by atoms with Crippen molar-refractivity contribution in [3.8, 4) is 5.75 Å². The van der Waals surface area contributed by atoms with E-state index in [4.69, 9.17) is 9.88 Å². The Bertz CT molecular complexity index is 490. The molecule has 1 aromatic rings. The fraction of sp³-hybridized carbons (Fsp3) is 0.364. The number of carbonyl (C=O) groups is 1. The van der Waals surface area contributed by atoms with Crippen molar-refractivity contribution in [3.63, 3.8) is 0 Å². The van der Waals surface area contributed by atoms with Crippen molar-refractivity contribution >= 4 is 17.0 Å². The van der Waals surface area contributed by atoms with E-state index in [-0.39, 0.29) is 13.0 Å². The molecule has 8 nitrogen and oxygen atoms in total. The number of rotatable bonds is 8. The van der Waals surface area contributed by atoms with Gasteiger partial charge in [0.15, 0.2) is 0 Å². The third-order valence-corrected chi connectivity index (χ3v) is 3.00. The highest BCUT2D eigenvalue weighted by molar-refractivity contribution is 7.82. The summed E-state index contributed by atoms with van der Waals surface area (Å²) >= 11 is 0. The third kappa shape index (κ3) is 6.25. The summed E-state index contributed by atoms with van der Waals surface area (Å²) in [4.78, 5) is 25.9. The average Bonchev–Trinajstić information content (AvgIpc) is 2.38. The van der Waals surface area contributed by atoms with Crippen molar-refractivity contribution in [3.05, 3.63) is 34.4 Å². The number of esters is 1. The van der Waals surface area contributed by atoms with Gasteiger partial charge in [-0.15, -0.1) is 10.1 Å². The molecule has 0 saturated carbocycles. The molecule has 1 aromatic carbocycles. The Balaban J connectivity index is 2.28. The smallest absolute Gasteiger partial charge is 0.311 e. The number of nitrogens with two attached hydrogens (primary N) is 1. The van der Waals surface area contributed by atoms with Crippen LogP contribution in [0, 0.1) is 10.1 Å². The average molecular weight is 302 g/mol. The number of ether oxygens (including phenoxy) is 1. The van der Waals surface area contributed by atoms with Crippen molar-refractivity contribution in [2.75, 3.05) is 6.61 Å². The van der Waals surface area contributed by atoms with Crippen LogP contribution in [0.4, 0.5) is 0 Å². The number of benzene rings is 1. The molecule has 0 saturated heterocycles. The second-order valence-corrected chi connectivity index (χ2v) is 4.82. The maximum absolute atomic E-state index is 11.4. The van der Waals surface area contributed by atoms with E-state index in [1.165, 1.54) is 24.3 Å². The summed E-state index contributed by atoms with van der Waals surface area (Å²) in [5.41, 5.74) is 0. The molecule has 0 aliphatic carbocycles. The number of unbranched alkanes of at least 4 members (excludes halogenated alkanes) is 1. The minimum absolute atomic E-state index is 0.0444. The molecule has 0 amide bonds. The standard InChI is InChI=1S/C11H14N2O6S/c12-20(17)10-6-4-9(5-7-10)19-11(14)3-1-2-8-18-13(15)16/h4-7H,1-3,8,12H2. The van der Waals surface area contributed by atoms with Crippen LogP contribution in [-0.4, -0.2) is 21.9 Å². The highest BCUT2D eigenvalue weighted by Crippen LogP contribution is 2.14. The van der Waals surface area contributed by atoms with Gasteiger partial charge in [0, 0.05) is 6.42 Å². The molecule has 0 fully saturated rings. The third-order valence-electron chi connectivity index (χ3n) is 2.26. The zero-order valence-electron chi connectivity index (χ0n) is 10.5. The predicted molar refractivity (Wildman–Crippen MR) is 69.5 cm³/mol. The lowest BCUT2D eigenvalue weighted by Crippen LogP contribution is -2.09. The lowest BCUT2D eigenvalue weighted by atomic mass is 10.2. The highest BCUT2D eigenvalue weighted by atomic mass is 32.2. The monoisotopic (exact) mass is 302 g/mol. The maximum Gasteiger partial charge on any atom is 0.311 e. The Labute approximate surface area is 117 Å². The van der Waals surface area contributed by atoms with Crippen molar-refractivity contribution in [1.82, 2.24) is 0 Å². The summed E-state index contributed by atoms with van der Waals surface area (Å²) in [5, 5.41) is 14.2. The van der Waals surface area contributed by atoms with Gasteiger partial charge in [-0.25, -0.2) is 9.35 Å². The molecule has 0 bridgehead atoms. The van der Waals surface area contributed by atoms with Crippen molar-refractivity contribution in [2.24, 2.45) is 5.14 Å². The first-order valence-electron chi connectivity index (χ1n) is 5.73. The molecule has 0 aliphatic heterocycles. The van der Waals surface area contributed by atoms with Crippen molar-refractivity contribution < 1.29 is 23.7 Å². The molecule has 0 spiro atoms. The minimum Gasteiger partial charge on any atom is -0.427 e. The molecule has 0 radical (unpaired) electrons. The van der Waals surface area contributed by atoms with Crippen LogP contribution >= 0.6 is 0 Å². The first-order valence-corrected chi connectivity index (χ1v) is 6.94. The van der Waals surface area contributed by atoms with E-state index in [1.54, 1.807) is 0 Å². The van der Waals surface area contributed by atoms with E-state index in [2.05, 4.69) is 4.84 Å². The van der Waals surface area contributed by atoms with Crippen LogP contribution in [0.2, 0.25) is 0 Å². The van der Waals surface area contributed by atoms with E-state index < -0.39 is 22.0 Å². The summed E-state index contributed by atoms with van der Waals surface area (Å²) in [5.74, 6) is -0.126. The van der Waals surface area contributed by atoms with Gasteiger partial charge in [0.2, 0.25) is 0 Å². The summed E-state index contributed by atoms with van der Waals surface area (Å²) in [6.45, 7) is -0.0444. The number of carbonyl (C=O) groups excluding carboxylic acids is 1. The van der Waals surface area contributed by atoms with Gasteiger partial charge in [0.05, 0.1) is 11.5 Å². The van der Waals surface area contributed by atoms with Gasteiger partial charge in [0.25, 0.3) is 5.09 Å². The highest BCUT2D eigenvalue weighted by Gasteiger charge is 2.06. The van der Waals surface area contributed by atoms with E-state index in [0.717, 1.165) is 0 Å². The normalized spacial score (nSPS) is 11.7. The van der Waals surface area contributed by atoms with Gasteiger partial charge >= 0.3 is 5.97 Å². The van der Waals surface area contributed by atoms with E-state index in [9.17, 15) is 19.1 Å². The molecular weight excluding hydrogens is 288 g/mol. The number of hydrogen-bond donors (Lipinski definition) is 1. The second kappa shape index (κ2) is 8.23. The Kier molecular flexibility index (Phi) is 6.60. The molecule has 2 N–H and O–H groups in total. The Hall–Kier alpha value is -2.00. The van der Waals surface area contributed by atoms with Crippen LogP contribution in [0.1, 0.15) is 19.3 Å². The molecule has 1 rings (SSSR count). The molecule has 9 heteroatoms. The second-order valence-electron chi connectivity index (χ2n) is 3.76. The van der Waals surface area contributed by atoms with Crippen LogP contribution in [-0.2, 0) is 20.6 Å². The predicted octanol–water partition coefficient (Wildman–Crippen LogP) is 0.952. The molecule has 1 unspecified atom stereocenters. The summed E-state index contributed by atoms with van der Waals surface area (Å²) in [6, 6.07) is 6.00. The molecular formula is C11H14N2O6S. The van der Waals surface area contributed by atoms with Gasteiger partial charge in [-0.1, -0.05) is 0 Å². The number of nitrogens with zero attached hydrogens (tertiary/aromatic N) is 1. The Morgan fingerprint density at radius 1 is 1.30 bits per heavy atom. The zero-order chi connectivity index (χ0) is 15.0. The van der Waals surface area contributed by atoms with Gasteiger partial charge in [-0.2, -0.15) is 0 Å². The van der Waals surface area contributed by atoms with Crippen LogP contribution in [0.25, 0.3) is 0 Å². The molecule has 1 atom stereocenters. The molecule has 110 valence electrons. The Morgan fingerprint density at radius 2 is 1.95 bits per heavy atom. The van der Waals surface area contributed by atoms with Gasteiger partial charge in [0.1, 0.15) is 16.7 Å². The molecule has 0 aromatic heterocycles. The topological polar surface area (TPSA) is 122 Å². The summed E-state index contributed by atoms with van der Waals surface area (Å²) in [7, 11) is -1.57. The van der Waals surface area contributed by atoms with Gasteiger partial charge < -0.3 is 9.57 Å². The van der Waals surface area contributed by atoms with E-state index >= 15 is 0 Å². The zero-order valence-corrected chi connectivity index (χ0v) is 11.3. The Morgan fingerprint density at radius 3 is 2.50 bits per heavy atom. The largest absolute Gasteiger partial charge is 0.427 e. The van der Waals surface area contributed by atoms with Gasteiger partial charge in [-0.05, 0) is 37.1 Å². The fourth-order valence-corrected chi connectivity index (χ4v) is 1.74. The van der Waals surface area contributed by atoms with E-state index in [0.29, 0.717) is 23.5 Å². The lowest BCUT2D eigenvalue weighted by molar-refractivity contribution is -0.757. The van der Waals surface area contributed by atoms with Crippen molar-refractivity contribution in [2.45, 2.75) is 24.2 Å². The first-order chi connectivity index (χ1) is 9.49. The van der Waals surface area contributed by atoms with Crippen LogP contribution < -0.4 is 9.88 Å². The summed E-state index contributed by atoms with van der Waals surface area (Å²) < 4.78 is 16.0. The van der Waals surface area contributed by atoms with Crippen LogP contribution in [0.3, 0.4) is 0 Å². The van der Waals surface area contributed by atoms with E-state index in [1.807, 2.05) is 0 Å². The minimum atomic E-state index is -1.57. The van der Waals surface area contributed by atoms with Crippen LogP contribution in [0.15, 0.2) is 29.2 Å². The molecule has 0 heterocycles. The van der Waals surface area contributed by atoms with Crippen LogP contribution in [0.5, 0.6) is 5.75 Å². The fourth-order valence-electron chi connectivity index (χ4n) is 1.33. The number of hydrogen-bond acceptors (Lipinski definition) is 6.